The highest BCUT2D eigenvalue weighted by atomic mass is 16.6. The van der Waals surface area contributed by atoms with Gasteiger partial charge in [0.2, 0.25) is 5.91 Å². The first kappa shape index (κ1) is 16.5. The van der Waals surface area contributed by atoms with E-state index in [1.54, 1.807) is 32.9 Å². The highest BCUT2D eigenvalue weighted by Crippen LogP contribution is 2.33. The fourth-order valence-corrected chi connectivity index (χ4v) is 1.74. The molecular weight excluding hydrogens is 296 g/mol. The zero-order valence-electron chi connectivity index (χ0n) is 13.2. The van der Waals surface area contributed by atoms with Crippen molar-refractivity contribution in [1.82, 2.24) is 0 Å². The molecule has 2 aromatic rings. The molecule has 0 heterocycles. The number of ether oxygens (including phenoxy) is 1. The normalized spacial score (nSPS) is 10.9. The van der Waals surface area contributed by atoms with Crippen molar-refractivity contribution in [3.63, 3.8) is 0 Å². The van der Waals surface area contributed by atoms with E-state index in [-0.39, 0.29) is 17.3 Å². The molecule has 0 spiro atoms. The van der Waals surface area contributed by atoms with Crippen LogP contribution >= 0.6 is 0 Å². The number of hydrogen-bond acceptors (Lipinski definition) is 4. The highest BCUT2D eigenvalue weighted by Gasteiger charge is 2.23. The van der Waals surface area contributed by atoms with Crippen molar-refractivity contribution in [2.75, 3.05) is 5.32 Å². The van der Waals surface area contributed by atoms with E-state index in [1.165, 1.54) is 18.2 Å². The lowest BCUT2D eigenvalue weighted by molar-refractivity contribution is -0.384. The second-order valence-electron chi connectivity index (χ2n) is 6.06. The zero-order valence-corrected chi connectivity index (χ0v) is 13.2. The van der Waals surface area contributed by atoms with Crippen LogP contribution in [0, 0.1) is 15.5 Å². The van der Waals surface area contributed by atoms with Crippen LogP contribution in [0.5, 0.6) is 11.5 Å². The smallest absolute Gasteiger partial charge is 0.271 e. The summed E-state index contributed by atoms with van der Waals surface area (Å²) >= 11 is 0. The molecule has 6 heteroatoms. The molecule has 2 rings (SSSR count). The summed E-state index contributed by atoms with van der Waals surface area (Å²) < 4.78 is 5.72. The number of nitrogens with one attached hydrogen (secondary N) is 1. The molecule has 1 amide bonds. The number of carbonyl (C=O) groups excluding carboxylic acids is 1. The van der Waals surface area contributed by atoms with Crippen molar-refractivity contribution >= 4 is 17.3 Å². The van der Waals surface area contributed by atoms with Gasteiger partial charge in [-0.3, -0.25) is 14.9 Å². The Hall–Kier alpha value is -2.89. The molecule has 0 radical (unpaired) electrons. The minimum Gasteiger partial charge on any atom is -0.455 e. The molecule has 0 aliphatic heterocycles. The summed E-state index contributed by atoms with van der Waals surface area (Å²) in [4.78, 5) is 22.6. The predicted molar refractivity (Wildman–Crippen MR) is 87.7 cm³/mol. The van der Waals surface area contributed by atoms with E-state index in [4.69, 9.17) is 4.74 Å². The number of nitro benzene ring substituents is 1. The van der Waals surface area contributed by atoms with Crippen LogP contribution in [0.15, 0.2) is 48.5 Å². The van der Waals surface area contributed by atoms with Crippen molar-refractivity contribution in [3.05, 3.63) is 58.6 Å². The van der Waals surface area contributed by atoms with E-state index >= 15 is 0 Å². The molecule has 0 saturated heterocycles. The van der Waals surface area contributed by atoms with Crippen molar-refractivity contribution in [3.8, 4) is 11.5 Å². The Morgan fingerprint density at radius 1 is 1.13 bits per heavy atom. The van der Waals surface area contributed by atoms with E-state index < -0.39 is 10.3 Å². The van der Waals surface area contributed by atoms with Gasteiger partial charge in [-0.05, 0) is 18.2 Å². The van der Waals surface area contributed by atoms with E-state index in [0.717, 1.165) is 0 Å². The molecule has 0 saturated carbocycles. The average molecular weight is 314 g/mol. The summed E-state index contributed by atoms with van der Waals surface area (Å²) in [6.45, 7) is 5.28. The lowest BCUT2D eigenvalue weighted by atomic mass is 9.95. The van der Waals surface area contributed by atoms with Gasteiger partial charge in [-0.1, -0.05) is 39.0 Å². The fourth-order valence-electron chi connectivity index (χ4n) is 1.74. The quantitative estimate of drug-likeness (QED) is 0.671. The highest BCUT2D eigenvalue weighted by molar-refractivity contribution is 5.96. The first-order chi connectivity index (χ1) is 10.8. The SMILES string of the molecule is CC(C)(C)C(=O)Nc1cc([N+](=O)[O-])ccc1Oc1ccccc1. The maximum atomic E-state index is 12.2. The number of anilines is 1. The molecule has 0 aliphatic rings. The topological polar surface area (TPSA) is 81.5 Å². The Bertz CT molecular complexity index is 721. The van der Waals surface area contributed by atoms with Crippen LogP contribution in [-0.4, -0.2) is 10.8 Å². The molecule has 0 unspecified atom stereocenters. The first-order valence-electron chi connectivity index (χ1n) is 7.10. The Morgan fingerprint density at radius 3 is 2.35 bits per heavy atom. The van der Waals surface area contributed by atoms with Gasteiger partial charge in [-0.2, -0.15) is 0 Å². The van der Waals surface area contributed by atoms with Gasteiger partial charge in [-0.15, -0.1) is 0 Å². The number of rotatable bonds is 4. The predicted octanol–water partition coefficient (Wildman–Crippen LogP) is 4.37. The largest absolute Gasteiger partial charge is 0.455 e. The molecule has 23 heavy (non-hydrogen) atoms. The first-order valence-corrected chi connectivity index (χ1v) is 7.10. The van der Waals surface area contributed by atoms with Crippen molar-refractivity contribution in [1.29, 1.82) is 0 Å². The van der Waals surface area contributed by atoms with Crippen molar-refractivity contribution < 1.29 is 14.5 Å². The molecule has 0 fully saturated rings. The Balaban J connectivity index is 2.37. The molecule has 0 bridgehead atoms. The number of para-hydroxylation sites is 1. The second-order valence-corrected chi connectivity index (χ2v) is 6.06. The Morgan fingerprint density at radius 2 is 1.78 bits per heavy atom. The lowest BCUT2D eigenvalue weighted by Gasteiger charge is -2.19. The molecule has 6 nitrogen and oxygen atoms in total. The summed E-state index contributed by atoms with van der Waals surface area (Å²) in [5, 5.41) is 13.7. The molecule has 0 atom stereocenters. The number of hydrogen-bond donors (Lipinski definition) is 1. The number of nitrogens with zero attached hydrogens (tertiary/aromatic N) is 1. The van der Waals surface area contributed by atoms with Gasteiger partial charge in [0.05, 0.1) is 10.6 Å². The minimum absolute atomic E-state index is 0.116. The number of nitro groups is 1. The van der Waals surface area contributed by atoms with Gasteiger partial charge < -0.3 is 10.1 Å². The molecule has 1 N–H and O–H groups in total. The number of amides is 1. The summed E-state index contributed by atoms with van der Waals surface area (Å²) in [6.07, 6.45) is 0. The van der Waals surface area contributed by atoms with Gasteiger partial charge >= 0.3 is 0 Å². The van der Waals surface area contributed by atoms with Gasteiger partial charge in [0.15, 0.2) is 5.75 Å². The van der Waals surface area contributed by atoms with E-state index in [9.17, 15) is 14.9 Å². The van der Waals surface area contributed by atoms with Crippen LogP contribution in [0.25, 0.3) is 0 Å². The molecular formula is C17H18N2O4. The molecule has 0 aliphatic carbocycles. The van der Waals surface area contributed by atoms with E-state index in [1.807, 2.05) is 18.2 Å². The maximum absolute atomic E-state index is 12.2. The standard InChI is InChI=1S/C17H18N2O4/c1-17(2,3)16(20)18-14-11-12(19(21)22)9-10-15(14)23-13-7-5-4-6-8-13/h4-11H,1-3H3,(H,18,20). The van der Waals surface area contributed by atoms with Crippen LogP contribution in [-0.2, 0) is 4.79 Å². The van der Waals surface area contributed by atoms with Crippen LogP contribution in [0.1, 0.15) is 20.8 Å². The summed E-state index contributed by atoms with van der Waals surface area (Å²) in [6, 6.07) is 13.1. The minimum atomic E-state index is -0.630. The van der Waals surface area contributed by atoms with Gasteiger partial charge in [0, 0.05) is 17.5 Å². The number of carbonyl (C=O) groups is 1. The fraction of sp³-hybridized carbons (Fsp3) is 0.235. The van der Waals surface area contributed by atoms with Crippen LogP contribution in [0.2, 0.25) is 0 Å². The number of non-ortho nitro benzene ring substituents is 1. The van der Waals surface area contributed by atoms with Crippen molar-refractivity contribution in [2.45, 2.75) is 20.8 Å². The monoisotopic (exact) mass is 314 g/mol. The van der Waals surface area contributed by atoms with Crippen molar-refractivity contribution in [2.24, 2.45) is 5.41 Å². The molecule has 0 aromatic heterocycles. The molecule has 120 valence electrons. The third-order valence-electron chi connectivity index (χ3n) is 3.07. The van der Waals surface area contributed by atoms with E-state index in [2.05, 4.69) is 5.32 Å². The van der Waals surface area contributed by atoms with Crippen LogP contribution in [0.4, 0.5) is 11.4 Å². The third-order valence-corrected chi connectivity index (χ3v) is 3.07. The maximum Gasteiger partial charge on any atom is 0.271 e. The van der Waals surface area contributed by atoms with Crippen LogP contribution < -0.4 is 10.1 Å². The van der Waals surface area contributed by atoms with Gasteiger partial charge in [0.1, 0.15) is 5.75 Å². The summed E-state index contributed by atoms with van der Waals surface area (Å²) in [5.74, 6) is 0.669. The Labute approximate surface area is 134 Å². The van der Waals surface area contributed by atoms with Gasteiger partial charge in [0.25, 0.3) is 5.69 Å². The lowest BCUT2D eigenvalue weighted by Crippen LogP contribution is -2.27. The van der Waals surface area contributed by atoms with Gasteiger partial charge in [-0.25, -0.2) is 0 Å². The van der Waals surface area contributed by atoms with E-state index in [0.29, 0.717) is 11.5 Å². The molecule has 2 aromatic carbocycles. The average Bonchev–Trinajstić information content (AvgIpc) is 2.48. The Kier molecular flexibility index (Phi) is 4.64. The summed E-state index contributed by atoms with van der Waals surface area (Å²) in [7, 11) is 0. The zero-order chi connectivity index (χ0) is 17.0. The second kappa shape index (κ2) is 6.48. The summed E-state index contributed by atoms with van der Waals surface area (Å²) in [5.41, 5.74) is -0.480. The van der Waals surface area contributed by atoms with Crippen LogP contribution in [0.3, 0.4) is 0 Å². The number of benzene rings is 2. The third kappa shape index (κ3) is 4.29.